The van der Waals surface area contributed by atoms with E-state index in [4.69, 9.17) is 5.11 Å². The summed E-state index contributed by atoms with van der Waals surface area (Å²) >= 11 is 0. The second kappa shape index (κ2) is 6.34. The Bertz CT molecular complexity index is 618. The lowest BCUT2D eigenvalue weighted by Crippen LogP contribution is -2.37. The molecule has 0 aromatic carbocycles. The second-order valence-corrected chi connectivity index (χ2v) is 5.78. The van der Waals surface area contributed by atoms with Crippen molar-refractivity contribution in [2.45, 2.75) is 52.5 Å². The first-order valence-electron chi connectivity index (χ1n) is 7.61. The number of carboxylic acids is 1. The van der Waals surface area contributed by atoms with Crippen LogP contribution < -0.4 is 0 Å². The van der Waals surface area contributed by atoms with Crippen LogP contribution in [0.5, 0.6) is 0 Å². The van der Waals surface area contributed by atoms with Crippen molar-refractivity contribution in [3.8, 4) is 0 Å². The van der Waals surface area contributed by atoms with Gasteiger partial charge in [-0.2, -0.15) is 0 Å². The first kappa shape index (κ1) is 16.3. The largest absolute Gasteiger partial charge is 0.481 e. The van der Waals surface area contributed by atoms with Gasteiger partial charge < -0.3 is 15.0 Å². The van der Waals surface area contributed by atoms with Crippen molar-refractivity contribution < 1.29 is 19.5 Å². The number of rotatable bonds is 5. The third-order valence-corrected chi connectivity index (χ3v) is 4.26. The summed E-state index contributed by atoms with van der Waals surface area (Å²) in [5, 5.41) is 8.98. The van der Waals surface area contributed by atoms with Gasteiger partial charge in [0.2, 0.25) is 0 Å². The fraction of sp³-hybridized carbons (Fsp3) is 0.562. The molecule has 1 amide bonds. The summed E-state index contributed by atoms with van der Waals surface area (Å²) in [6.45, 7) is 5.75. The Morgan fingerprint density at radius 3 is 2.59 bits per heavy atom. The van der Waals surface area contributed by atoms with Crippen molar-refractivity contribution in [2.24, 2.45) is 0 Å². The summed E-state index contributed by atoms with van der Waals surface area (Å²) < 4.78 is 0. The highest BCUT2D eigenvalue weighted by Gasteiger charge is 2.33. The molecule has 1 unspecified atom stereocenters. The van der Waals surface area contributed by atoms with E-state index in [1.165, 1.54) is 6.92 Å². The number of aryl methyl sites for hydroxylation is 1. The molecule has 2 rings (SSSR count). The topological polar surface area (TPSA) is 90.5 Å². The molecular formula is C16H22N2O4. The minimum absolute atomic E-state index is 0.0353. The molecule has 1 aromatic rings. The molecule has 1 aliphatic rings. The van der Waals surface area contributed by atoms with E-state index in [0.717, 1.165) is 12.0 Å². The third-order valence-electron chi connectivity index (χ3n) is 4.26. The zero-order valence-electron chi connectivity index (χ0n) is 13.2. The fourth-order valence-electron chi connectivity index (χ4n) is 3.35. The number of likely N-dealkylation sites (tertiary alicyclic amines) is 1. The van der Waals surface area contributed by atoms with Crippen LogP contribution in [-0.4, -0.2) is 45.2 Å². The molecule has 1 atom stereocenters. The number of carbonyl (C=O) groups is 3. The zero-order chi connectivity index (χ0) is 16.4. The van der Waals surface area contributed by atoms with Gasteiger partial charge in [0, 0.05) is 23.8 Å². The van der Waals surface area contributed by atoms with Crippen LogP contribution in [0.4, 0.5) is 0 Å². The molecule has 1 saturated heterocycles. The van der Waals surface area contributed by atoms with E-state index in [1.807, 2.05) is 6.92 Å². The number of H-pyrrole nitrogens is 1. The third kappa shape index (κ3) is 2.91. The van der Waals surface area contributed by atoms with Gasteiger partial charge in [-0.1, -0.05) is 6.92 Å². The smallest absolute Gasteiger partial charge is 0.305 e. The standard InChI is InChI=1S/C16H22N2O4/c1-4-12-14(10(3)19)9(2)17-15(12)16(22)18-7-5-6-11(18)8-13(20)21/h11,17H,4-8H2,1-3H3,(H,20,21). The number of hydrogen-bond acceptors (Lipinski definition) is 3. The lowest BCUT2D eigenvalue weighted by atomic mass is 10.0. The molecule has 0 aliphatic carbocycles. The summed E-state index contributed by atoms with van der Waals surface area (Å²) in [5.41, 5.74) is 2.44. The lowest BCUT2D eigenvalue weighted by molar-refractivity contribution is -0.137. The van der Waals surface area contributed by atoms with E-state index in [0.29, 0.717) is 36.3 Å². The molecular weight excluding hydrogens is 284 g/mol. The van der Waals surface area contributed by atoms with Gasteiger partial charge in [0.05, 0.1) is 6.42 Å². The van der Waals surface area contributed by atoms with E-state index >= 15 is 0 Å². The number of Topliss-reactive ketones (excluding diaryl/α,β-unsaturated/α-hetero) is 1. The van der Waals surface area contributed by atoms with Crippen LogP contribution in [0.25, 0.3) is 0 Å². The number of amides is 1. The first-order chi connectivity index (χ1) is 10.4. The molecule has 1 aliphatic heterocycles. The maximum Gasteiger partial charge on any atom is 0.305 e. The molecule has 0 bridgehead atoms. The van der Waals surface area contributed by atoms with Crippen LogP contribution in [0, 0.1) is 6.92 Å². The van der Waals surface area contributed by atoms with E-state index < -0.39 is 5.97 Å². The maximum atomic E-state index is 12.8. The summed E-state index contributed by atoms with van der Waals surface area (Å²) in [6, 6.07) is -0.265. The first-order valence-corrected chi connectivity index (χ1v) is 7.61. The van der Waals surface area contributed by atoms with Crippen molar-refractivity contribution in [2.75, 3.05) is 6.54 Å². The Balaban J connectivity index is 2.35. The van der Waals surface area contributed by atoms with Crippen molar-refractivity contribution >= 4 is 17.7 Å². The van der Waals surface area contributed by atoms with Gasteiger partial charge in [0.15, 0.2) is 5.78 Å². The highest BCUT2D eigenvalue weighted by molar-refractivity contribution is 6.02. The van der Waals surface area contributed by atoms with Crippen molar-refractivity contribution in [3.05, 3.63) is 22.5 Å². The Hall–Kier alpha value is -2.11. The number of nitrogens with zero attached hydrogens (tertiary/aromatic N) is 1. The number of nitrogens with one attached hydrogen (secondary N) is 1. The van der Waals surface area contributed by atoms with Crippen LogP contribution >= 0.6 is 0 Å². The van der Waals surface area contributed by atoms with Gasteiger partial charge in [0.25, 0.3) is 5.91 Å². The lowest BCUT2D eigenvalue weighted by Gasteiger charge is -2.23. The number of aromatic nitrogens is 1. The number of carbonyl (C=O) groups excluding carboxylic acids is 2. The minimum atomic E-state index is -0.896. The summed E-state index contributed by atoms with van der Waals surface area (Å²) in [4.78, 5) is 40.2. The summed E-state index contributed by atoms with van der Waals surface area (Å²) in [7, 11) is 0. The molecule has 6 nitrogen and oxygen atoms in total. The molecule has 2 N–H and O–H groups in total. The average molecular weight is 306 g/mol. The summed E-state index contributed by atoms with van der Waals surface area (Å²) in [5.74, 6) is -1.16. The van der Waals surface area contributed by atoms with Crippen LogP contribution in [0.2, 0.25) is 0 Å². The SMILES string of the molecule is CCc1c(C(=O)N2CCCC2CC(=O)O)[nH]c(C)c1C(C)=O. The van der Waals surface area contributed by atoms with Gasteiger partial charge in [0.1, 0.15) is 5.69 Å². The maximum absolute atomic E-state index is 12.8. The van der Waals surface area contributed by atoms with Crippen LogP contribution in [0.15, 0.2) is 0 Å². The number of hydrogen-bond donors (Lipinski definition) is 2. The normalized spacial score (nSPS) is 17.8. The van der Waals surface area contributed by atoms with Gasteiger partial charge >= 0.3 is 5.97 Å². The predicted octanol–water partition coefficient (Wildman–Crippen LogP) is 2.17. The van der Waals surface area contributed by atoms with E-state index in [9.17, 15) is 14.4 Å². The molecule has 120 valence electrons. The van der Waals surface area contributed by atoms with Gasteiger partial charge in [-0.3, -0.25) is 14.4 Å². The van der Waals surface area contributed by atoms with E-state index in [1.54, 1.807) is 11.8 Å². The second-order valence-electron chi connectivity index (χ2n) is 5.78. The molecule has 2 heterocycles. The Labute approximate surface area is 129 Å². The molecule has 6 heteroatoms. The molecule has 1 fully saturated rings. The minimum Gasteiger partial charge on any atom is -0.481 e. The molecule has 0 saturated carbocycles. The Kier molecular flexibility index (Phi) is 4.68. The molecule has 0 spiro atoms. The number of aliphatic carboxylic acids is 1. The van der Waals surface area contributed by atoms with Gasteiger partial charge in [-0.15, -0.1) is 0 Å². The van der Waals surface area contributed by atoms with Crippen molar-refractivity contribution in [1.29, 1.82) is 0 Å². The highest BCUT2D eigenvalue weighted by Crippen LogP contribution is 2.26. The molecule has 0 radical (unpaired) electrons. The van der Waals surface area contributed by atoms with Gasteiger partial charge in [-0.05, 0) is 38.7 Å². The highest BCUT2D eigenvalue weighted by atomic mass is 16.4. The zero-order valence-corrected chi connectivity index (χ0v) is 13.2. The van der Waals surface area contributed by atoms with Crippen LogP contribution in [0.1, 0.15) is 65.2 Å². The number of carboxylic acid groups (broad SMARTS) is 1. The van der Waals surface area contributed by atoms with Crippen LogP contribution in [0.3, 0.4) is 0 Å². The van der Waals surface area contributed by atoms with Crippen LogP contribution in [-0.2, 0) is 11.2 Å². The quantitative estimate of drug-likeness (QED) is 0.816. The predicted molar refractivity (Wildman–Crippen MR) is 81.2 cm³/mol. The van der Waals surface area contributed by atoms with Crippen molar-refractivity contribution in [1.82, 2.24) is 9.88 Å². The van der Waals surface area contributed by atoms with E-state index in [2.05, 4.69) is 4.98 Å². The van der Waals surface area contributed by atoms with E-state index in [-0.39, 0.29) is 24.2 Å². The molecule has 22 heavy (non-hydrogen) atoms. The average Bonchev–Trinajstić information content (AvgIpc) is 3.01. The monoisotopic (exact) mass is 306 g/mol. The van der Waals surface area contributed by atoms with Gasteiger partial charge in [-0.25, -0.2) is 0 Å². The molecule has 1 aromatic heterocycles. The number of ketones is 1. The number of aromatic amines is 1. The summed E-state index contributed by atoms with van der Waals surface area (Å²) in [6.07, 6.45) is 2.06. The fourth-order valence-corrected chi connectivity index (χ4v) is 3.35. The Morgan fingerprint density at radius 1 is 1.36 bits per heavy atom. The Morgan fingerprint density at radius 2 is 2.05 bits per heavy atom. The van der Waals surface area contributed by atoms with Crippen molar-refractivity contribution in [3.63, 3.8) is 0 Å².